The predicted octanol–water partition coefficient (Wildman–Crippen LogP) is 3.70. The van der Waals surface area contributed by atoms with Crippen LogP contribution in [0.2, 0.25) is 0 Å². The van der Waals surface area contributed by atoms with Crippen molar-refractivity contribution in [2.45, 2.75) is 129 Å². The van der Waals surface area contributed by atoms with E-state index in [1.807, 2.05) is 57.7 Å². The van der Waals surface area contributed by atoms with Gasteiger partial charge in [0.15, 0.2) is 29.1 Å². The second-order valence-corrected chi connectivity index (χ2v) is 17.9. The lowest BCUT2D eigenvalue weighted by atomic mass is 9.62. The van der Waals surface area contributed by atoms with E-state index in [2.05, 4.69) is 22.0 Å². The van der Waals surface area contributed by atoms with Crippen molar-refractivity contribution < 1.29 is 52.5 Å². The molecule has 0 aromatic carbocycles. The molecule has 6 heterocycles. The molecule has 0 saturated carbocycles. The van der Waals surface area contributed by atoms with Crippen LogP contribution in [0.5, 0.6) is 0 Å². The average Bonchev–Trinajstić information content (AvgIpc) is 3.87. The zero-order chi connectivity index (χ0) is 43.2. The number of carbonyl (C=O) groups excluding carboxylic acids is 4. The number of esters is 2. The number of pyridine rings is 1. The first-order chi connectivity index (χ1) is 27.7. The largest absolute Gasteiger partial charge is 0.458 e. The van der Waals surface area contributed by atoms with Crippen LogP contribution in [-0.2, 0) is 42.9 Å². The molecule has 4 aliphatic heterocycles. The minimum atomic E-state index is -1.45. The summed E-state index contributed by atoms with van der Waals surface area (Å²) in [5.74, 6) is 0.768. The Morgan fingerprint density at radius 1 is 1.07 bits per heavy atom. The zero-order valence-electron chi connectivity index (χ0n) is 36.1. The van der Waals surface area contributed by atoms with Gasteiger partial charge >= 0.3 is 11.9 Å². The summed E-state index contributed by atoms with van der Waals surface area (Å²) in [7, 11) is 5.51. The van der Waals surface area contributed by atoms with Crippen LogP contribution in [0, 0.1) is 40.9 Å². The standard InChI is InChI=1S/C44H60N4O11/c1-12-32-44(8)36-33(40(53)58-44)48(11)23-42(36,6)37(51)24(2)22-43(7,54-19-15-16-28-21-31(59-46-28)29-17-13-14-18-45-29)38(26(4)34(49)27(5)39(52)56-32)57-41-35(50)30(47(9)10)20-25(3)55-41/h13-14,17-18,21,24-27,30,32-33,35-36,38,41,50H,12,19-20,22-23H2,1-11H3/t24-,25-,26+,27-,30+,32-,33?,35-,36?,38-,41+,42?,43+,44-/m1/s1. The first-order valence-corrected chi connectivity index (χ1v) is 20.6. The molecule has 0 bridgehead atoms. The number of aliphatic hydroxyl groups excluding tert-OH is 1. The number of nitrogens with zero attached hydrogens (tertiary/aromatic N) is 4. The van der Waals surface area contributed by atoms with Crippen molar-refractivity contribution in [1.29, 1.82) is 0 Å². The fourth-order valence-corrected chi connectivity index (χ4v) is 10.3. The lowest BCUT2D eigenvalue weighted by Gasteiger charge is -2.48. The highest BCUT2D eigenvalue weighted by molar-refractivity contribution is 6.00. The number of likely N-dealkylation sites (N-methyl/N-ethyl adjacent to an activating group) is 2. The third-order valence-corrected chi connectivity index (χ3v) is 13.2. The van der Waals surface area contributed by atoms with Gasteiger partial charge in [-0.3, -0.25) is 29.1 Å². The van der Waals surface area contributed by atoms with Gasteiger partial charge in [-0.1, -0.05) is 44.8 Å². The second kappa shape index (κ2) is 17.1. The number of rotatable bonds is 7. The number of hydrogen-bond donors (Lipinski definition) is 1. The molecule has 3 unspecified atom stereocenters. The Kier molecular flexibility index (Phi) is 12.9. The number of likely N-dealkylation sites (tertiary alicyclic amines) is 1. The van der Waals surface area contributed by atoms with E-state index in [1.54, 1.807) is 52.2 Å². The summed E-state index contributed by atoms with van der Waals surface area (Å²) in [4.78, 5) is 65.4. The Hall–Kier alpha value is -4.04. The fraction of sp³-hybridized carbons (Fsp3) is 0.682. The van der Waals surface area contributed by atoms with Gasteiger partial charge in [0, 0.05) is 48.0 Å². The Morgan fingerprint density at radius 3 is 2.46 bits per heavy atom. The van der Waals surface area contributed by atoms with Crippen LogP contribution in [0.25, 0.3) is 11.5 Å². The highest BCUT2D eigenvalue weighted by Crippen LogP contribution is 2.55. The van der Waals surface area contributed by atoms with E-state index in [1.165, 1.54) is 6.92 Å². The van der Waals surface area contributed by atoms with Gasteiger partial charge < -0.3 is 38.2 Å². The topological polar surface area (TPSA) is 180 Å². The molecule has 0 radical (unpaired) electrons. The number of Topliss-reactive ketones (excluding diaryl/α,β-unsaturated/α-hetero) is 2. The van der Waals surface area contributed by atoms with Crippen molar-refractivity contribution >= 4 is 23.5 Å². The van der Waals surface area contributed by atoms with E-state index in [9.17, 15) is 19.5 Å². The molecular formula is C44H60N4O11. The van der Waals surface area contributed by atoms with E-state index < -0.39 is 88.7 Å². The summed E-state index contributed by atoms with van der Waals surface area (Å²) in [6, 6.07) is 6.01. The lowest BCUT2D eigenvalue weighted by molar-refractivity contribution is -0.296. The average molecular weight is 821 g/mol. The second-order valence-electron chi connectivity index (χ2n) is 17.9. The van der Waals surface area contributed by atoms with Crippen molar-refractivity contribution in [3.05, 3.63) is 36.2 Å². The molecule has 2 aromatic heterocycles. The predicted molar refractivity (Wildman–Crippen MR) is 213 cm³/mol. The molecule has 15 nitrogen and oxygen atoms in total. The molecule has 59 heavy (non-hydrogen) atoms. The Bertz CT molecular complexity index is 1950. The maximum absolute atomic E-state index is 15.1. The van der Waals surface area contributed by atoms with Crippen molar-refractivity contribution in [3.8, 4) is 23.3 Å². The molecule has 1 N–H and O–H groups in total. The highest BCUT2D eigenvalue weighted by atomic mass is 16.7. The van der Waals surface area contributed by atoms with Crippen molar-refractivity contribution in [2.75, 3.05) is 34.3 Å². The molecule has 2 aromatic rings. The molecular weight excluding hydrogens is 761 g/mol. The maximum atomic E-state index is 15.1. The van der Waals surface area contributed by atoms with Crippen molar-refractivity contribution in [1.82, 2.24) is 19.9 Å². The summed E-state index contributed by atoms with van der Waals surface area (Å²) in [6.45, 7) is 14.1. The van der Waals surface area contributed by atoms with Gasteiger partial charge in [-0.15, -0.1) is 0 Å². The Balaban J connectivity index is 1.42. The van der Waals surface area contributed by atoms with E-state index in [4.69, 9.17) is 28.2 Å². The molecule has 4 fully saturated rings. The van der Waals surface area contributed by atoms with E-state index >= 15 is 4.79 Å². The molecule has 0 amide bonds. The minimum absolute atomic E-state index is 0.0390. The van der Waals surface area contributed by atoms with Gasteiger partial charge in [0.05, 0.1) is 17.8 Å². The molecule has 4 aliphatic rings. The van der Waals surface area contributed by atoms with Crippen LogP contribution >= 0.6 is 0 Å². The highest BCUT2D eigenvalue weighted by Gasteiger charge is 2.70. The number of carbonyl (C=O) groups is 4. The van der Waals surface area contributed by atoms with Gasteiger partial charge in [-0.2, -0.15) is 0 Å². The number of hydrogen-bond acceptors (Lipinski definition) is 15. The molecule has 6 rings (SSSR count). The monoisotopic (exact) mass is 820 g/mol. The summed E-state index contributed by atoms with van der Waals surface area (Å²) in [6.07, 6.45) is -2.23. The molecule has 0 aliphatic carbocycles. The zero-order valence-corrected chi connectivity index (χ0v) is 36.1. The smallest absolute Gasteiger partial charge is 0.324 e. The minimum Gasteiger partial charge on any atom is -0.458 e. The van der Waals surface area contributed by atoms with Crippen LogP contribution in [0.1, 0.15) is 80.3 Å². The lowest BCUT2D eigenvalue weighted by Crippen LogP contribution is -2.60. The van der Waals surface area contributed by atoms with Crippen LogP contribution in [-0.4, -0.2) is 137 Å². The van der Waals surface area contributed by atoms with Crippen LogP contribution < -0.4 is 0 Å². The number of aliphatic hydroxyl groups is 1. The normalized spacial score (nSPS) is 39.6. The SMILES string of the molecule is CC[C@H]1OC(=O)[C@H](C)C(=O)[C@H](C)[C@@H](O[C@@H]2O[C@H](C)C[C@H](N(C)C)[C@H]2O)[C@@](C)(OCC#Cc2cc(-c3ccccn3)on2)C[C@@H](C)C(=O)C2(C)CN(C)C3C(=O)O[C@@]1(C)C32. The summed E-state index contributed by atoms with van der Waals surface area (Å²) < 4.78 is 37.4. The summed E-state index contributed by atoms with van der Waals surface area (Å²) >= 11 is 0. The molecule has 322 valence electrons. The van der Waals surface area contributed by atoms with Gasteiger partial charge in [0.1, 0.15) is 42.3 Å². The van der Waals surface area contributed by atoms with Crippen molar-refractivity contribution in [2.24, 2.45) is 29.1 Å². The van der Waals surface area contributed by atoms with Crippen LogP contribution in [0.15, 0.2) is 35.0 Å². The van der Waals surface area contributed by atoms with Crippen LogP contribution in [0.4, 0.5) is 0 Å². The van der Waals surface area contributed by atoms with Crippen LogP contribution in [0.3, 0.4) is 0 Å². The Morgan fingerprint density at radius 2 is 1.80 bits per heavy atom. The third-order valence-electron chi connectivity index (χ3n) is 13.2. The molecule has 4 saturated heterocycles. The third kappa shape index (κ3) is 8.37. The quantitative estimate of drug-likeness (QED) is 0.243. The fourth-order valence-electron chi connectivity index (χ4n) is 10.3. The van der Waals surface area contributed by atoms with E-state index in [-0.39, 0.29) is 43.9 Å². The first kappa shape index (κ1) is 44.5. The van der Waals surface area contributed by atoms with Crippen molar-refractivity contribution in [3.63, 3.8) is 0 Å². The maximum Gasteiger partial charge on any atom is 0.324 e. The Labute approximate surface area is 346 Å². The molecule has 0 spiro atoms. The van der Waals surface area contributed by atoms with Gasteiger partial charge in [-0.25, -0.2) is 0 Å². The number of ether oxygens (including phenoxy) is 5. The number of aromatic nitrogens is 2. The number of cyclic esters (lactones) is 1. The van der Waals surface area contributed by atoms with Gasteiger partial charge in [-0.05, 0) is 86.2 Å². The van der Waals surface area contributed by atoms with Gasteiger partial charge in [0.2, 0.25) is 0 Å². The molecule has 14 atom stereocenters. The van der Waals surface area contributed by atoms with Gasteiger partial charge in [0.25, 0.3) is 0 Å². The first-order valence-electron chi connectivity index (χ1n) is 20.6. The molecule has 15 heteroatoms. The number of ketones is 2. The summed E-state index contributed by atoms with van der Waals surface area (Å²) in [5, 5.41) is 15.7. The summed E-state index contributed by atoms with van der Waals surface area (Å²) in [5.41, 5.74) is -2.99. The van der Waals surface area contributed by atoms with E-state index in [0.29, 0.717) is 23.6 Å². The van der Waals surface area contributed by atoms with E-state index in [0.717, 1.165) is 0 Å².